The van der Waals surface area contributed by atoms with Crippen LogP contribution in [0.3, 0.4) is 0 Å². The molecule has 5 nitrogen and oxygen atoms in total. The Balaban J connectivity index is 1.61. The molecule has 144 valence electrons. The Labute approximate surface area is 164 Å². The molecule has 1 N–H and O–H groups in total. The number of fused-ring (bicyclic) bond motifs is 1. The number of benzene rings is 3. The highest BCUT2D eigenvalue weighted by Crippen LogP contribution is 2.39. The van der Waals surface area contributed by atoms with Gasteiger partial charge in [0.2, 0.25) is 0 Å². The minimum Gasteiger partial charge on any atom is -0.497 e. The number of ether oxygens (including phenoxy) is 2. The second-order valence-electron chi connectivity index (χ2n) is 6.92. The van der Waals surface area contributed by atoms with Crippen molar-refractivity contribution in [2.24, 2.45) is 0 Å². The van der Waals surface area contributed by atoms with Crippen LogP contribution < -0.4 is 14.8 Å². The first-order valence-corrected chi connectivity index (χ1v) is 9.48. The Morgan fingerprint density at radius 3 is 2.68 bits per heavy atom. The predicted octanol–water partition coefficient (Wildman–Crippen LogP) is 5.23. The van der Waals surface area contributed by atoms with Crippen LogP contribution >= 0.6 is 0 Å². The van der Waals surface area contributed by atoms with Crippen LogP contribution in [0.4, 0.5) is 10.5 Å². The van der Waals surface area contributed by atoms with Crippen LogP contribution in [0.1, 0.15) is 24.4 Å². The molecule has 4 rings (SSSR count). The molecule has 1 aliphatic rings. The molecule has 28 heavy (non-hydrogen) atoms. The van der Waals surface area contributed by atoms with E-state index in [4.69, 9.17) is 9.47 Å². The van der Waals surface area contributed by atoms with Gasteiger partial charge in [0.15, 0.2) is 0 Å². The molecular formula is C23H24N2O3. The molecule has 3 aromatic carbocycles. The summed E-state index contributed by atoms with van der Waals surface area (Å²) in [7, 11) is 3.28. The second-order valence-corrected chi connectivity index (χ2v) is 6.92. The molecule has 0 aliphatic carbocycles. The van der Waals surface area contributed by atoms with Gasteiger partial charge in [0.1, 0.15) is 11.5 Å². The fraction of sp³-hybridized carbons (Fsp3) is 0.261. The molecule has 1 fully saturated rings. The summed E-state index contributed by atoms with van der Waals surface area (Å²) in [4.78, 5) is 15.0. The second kappa shape index (κ2) is 7.80. The van der Waals surface area contributed by atoms with E-state index >= 15 is 0 Å². The summed E-state index contributed by atoms with van der Waals surface area (Å²) in [6, 6.07) is 19.7. The van der Waals surface area contributed by atoms with Gasteiger partial charge in [-0.2, -0.15) is 0 Å². The minimum atomic E-state index is -0.0864. The van der Waals surface area contributed by atoms with E-state index in [1.807, 2.05) is 65.6 Å². The number of carbonyl (C=O) groups is 1. The van der Waals surface area contributed by atoms with Crippen molar-refractivity contribution < 1.29 is 14.3 Å². The van der Waals surface area contributed by atoms with Crippen molar-refractivity contribution in [2.75, 3.05) is 26.1 Å². The minimum absolute atomic E-state index is 0.0177. The number of methoxy groups -OCH3 is 2. The van der Waals surface area contributed by atoms with Crippen molar-refractivity contribution >= 4 is 22.5 Å². The molecular weight excluding hydrogens is 352 g/mol. The third-order valence-electron chi connectivity index (χ3n) is 5.34. The van der Waals surface area contributed by atoms with E-state index in [1.54, 1.807) is 14.2 Å². The van der Waals surface area contributed by atoms with Crippen LogP contribution in [0, 0.1) is 0 Å². The number of nitrogens with zero attached hydrogens (tertiary/aromatic N) is 1. The molecule has 5 heteroatoms. The molecule has 0 aromatic heterocycles. The quantitative estimate of drug-likeness (QED) is 0.679. The Morgan fingerprint density at radius 2 is 1.86 bits per heavy atom. The smallest absolute Gasteiger partial charge is 0.322 e. The van der Waals surface area contributed by atoms with Crippen molar-refractivity contribution in [3.8, 4) is 11.5 Å². The number of anilines is 1. The maximum Gasteiger partial charge on any atom is 0.322 e. The van der Waals surface area contributed by atoms with Crippen LogP contribution in [0.15, 0.2) is 60.7 Å². The van der Waals surface area contributed by atoms with Crippen LogP contribution in [0.2, 0.25) is 0 Å². The van der Waals surface area contributed by atoms with E-state index in [9.17, 15) is 4.79 Å². The van der Waals surface area contributed by atoms with Crippen LogP contribution in [0.25, 0.3) is 10.8 Å². The van der Waals surface area contributed by atoms with Crippen molar-refractivity contribution in [2.45, 2.75) is 18.9 Å². The largest absolute Gasteiger partial charge is 0.497 e. The number of urea groups is 1. The topological polar surface area (TPSA) is 50.8 Å². The highest BCUT2D eigenvalue weighted by atomic mass is 16.5. The lowest BCUT2D eigenvalue weighted by Crippen LogP contribution is -2.34. The van der Waals surface area contributed by atoms with Gasteiger partial charge in [-0.05, 0) is 36.4 Å². The first-order chi connectivity index (χ1) is 13.7. The van der Waals surface area contributed by atoms with Gasteiger partial charge in [-0.15, -0.1) is 0 Å². The Bertz CT molecular complexity index is 997. The van der Waals surface area contributed by atoms with Gasteiger partial charge in [0.25, 0.3) is 0 Å². The zero-order valence-electron chi connectivity index (χ0n) is 16.1. The average molecular weight is 376 g/mol. The lowest BCUT2D eigenvalue weighted by atomic mass is 10.0. The van der Waals surface area contributed by atoms with Crippen molar-refractivity contribution in [1.82, 2.24) is 4.90 Å². The first-order valence-electron chi connectivity index (χ1n) is 9.48. The van der Waals surface area contributed by atoms with E-state index in [0.717, 1.165) is 52.9 Å². The van der Waals surface area contributed by atoms with E-state index in [1.165, 1.54) is 0 Å². The van der Waals surface area contributed by atoms with E-state index in [-0.39, 0.29) is 12.1 Å². The SMILES string of the molecule is COc1ccc([C@@H]2CCCN2C(=O)Nc2cccc3ccccc23)c(OC)c1. The summed E-state index contributed by atoms with van der Waals surface area (Å²) in [5.41, 5.74) is 1.84. The predicted molar refractivity (Wildman–Crippen MR) is 111 cm³/mol. The summed E-state index contributed by atoms with van der Waals surface area (Å²) in [5, 5.41) is 5.25. The monoisotopic (exact) mass is 376 g/mol. The highest BCUT2D eigenvalue weighted by molar-refractivity contribution is 6.01. The zero-order valence-corrected chi connectivity index (χ0v) is 16.1. The number of likely N-dealkylation sites (tertiary alicyclic amines) is 1. The zero-order chi connectivity index (χ0) is 19.5. The fourth-order valence-electron chi connectivity index (χ4n) is 3.95. The highest BCUT2D eigenvalue weighted by Gasteiger charge is 2.32. The Morgan fingerprint density at radius 1 is 1.04 bits per heavy atom. The summed E-state index contributed by atoms with van der Waals surface area (Å²) in [5.74, 6) is 1.49. The fourth-order valence-corrected chi connectivity index (χ4v) is 3.95. The molecule has 3 aromatic rings. The lowest BCUT2D eigenvalue weighted by Gasteiger charge is -2.27. The van der Waals surface area contributed by atoms with Gasteiger partial charge in [-0.1, -0.05) is 36.4 Å². The third kappa shape index (κ3) is 3.36. The van der Waals surface area contributed by atoms with Crippen LogP contribution in [-0.4, -0.2) is 31.7 Å². The van der Waals surface area contributed by atoms with Gasteiger partial charge in [0.05, 0.1) is 25.9 Å². The maximum absolute atomic E-state index is 13.1. The van der Waals surface area contributed by atoms with Crippen LogP contribution in [0.5, 0.6) is 11.5 Å². The first kappa shape index (κ1) is 18.2. The molecule has 0 radical (unpaired) electrons. The summed E-state index contributed by atoms with van der Waals surface area (Å²) in [6.07, 6.45) is 1.87. The number of hydrogen-bond acceptors (Lipinski definition) is 3. The number of carbonyl (C=O) groups excluding carboxylic acids is 1. The summed E-state index contributed by atoms with van der Waals surface area (Å²) < 4.78 is 10.9. The summed E-state index contributed by atoms with van der Waals surface area (Å²) in [6.45, 7) is 0.719. The van der Waals surface area contributed by atoms with Gasteiger partial charge in [0, 0.05) is 23.6 Å². The van der Waals surface area contributed by atoms with E-state index in [2.05, 4.69) is 5.32 Å². The molecule has 1 atom stereocenters. The number of rotatable bonds is 4. The van der Waals surface area contributed by atoms with Crippen LogP contribution in [-0.2, 0) is 0 Å². The normalized spacial score (nSPS) is 16.2. The maximum atomic E-state index is 13.1. The summed E-state index contributed by atoms with van der Waals surface area (Å²) >= 11 is 0. The number of nitrogens with one attached hydrogen (secondary N) is 1. The Kier molecular flexibility index (Phi) is 5.06. The number of amides is 2. The molecule has 1 saturated heterocycles. The standard InChI is InChI=1S/C23H24N2O3/c1-27-17-12-13-19(22(15-17)28-2)21-11-6-14-25(21)23(26)24-20-10-5-8-16-7-3-4-9-18(16)20/h3-5,7-10,12-13,15,21H,6,11,14H2,1-2H3,(H,24,26)/t21-/m0/s1. The van der Waals surface area contributed by atoms with Gasteiger partial charge in [-0.3, -0.25) is 0 Å². The molecule has 2 amide bonds. The van der Waals surface area contributed by atoms with Gasteiger partial charge < -0.3 is 19.7 Å². The van der Waals surface area contributed by atoms with Gasteiger partial charge in [-0.25, -0.2) is 4.79 Å². The molecule has 1 heterocycles. The van der Waals surface area contributed by atoms with E-state index in [0.29, 0.717) is 0 Å². The third-order valence-corrected chi connectivity index (χ3v) is 5.34. The molecule has 0 saturated carbocycles. The van der Waals surface area contributed by atoms with Crippen molar-refractivity contribution in [3.63, 3.8) is 0 Å². The van der Waals surface area contributed by atoms with E-state index < -0.39 is 0 Å². The number of hydrogen-bond donors (Lipinski definition) is 1. The van der Waals surface area contributed by atoms with Gasteiger partial charge >= 0.3 is 6.03 Å². The Hall–Kier alpha value is -3.21. The molecule has 0 unspecified atom stereocenters. The molecule has 0 bridgehead atoms. The molecule has 0 spiro atoms. The van der Waals surface area contributed by atoms with Crippen molar-refractivity contribution in [3.05, 3.63) is 66.2 Å². The van der Waals surface area contributed by atoms with Crippen molar-refractivity contribution in [1.29, 1.82) is 0 Å². The molecule has 1 aliphatic heterocycles. The lowest BCUT2D eigenvalue weighted by molar-refractivity contribution is 0.206. The average Bonchev–Trinajstić information content (AvgIpc) is 3.23.